The Bertz CT molecular complexity index is 299. The quantitative estimate of drug-likeness (QED) is 0.465. The van der Waals surface area contributed by atoms with Crippen molar-refractivity contribution in [3.05, 3.63) is 0 Å². The fraction of sp³-hybridized carbons (Fsp3) is 1.00. The van der Waals surface area contributed by atoms with Crippen LogP contribution < -0.4 is 0 Å². The fourth-order valence-corrected chi connectivity index (χ4v) is 4.99. The van der Waals surface area contributed by atoms with Crippen LogP contribution >= 0.6 is 0 Å². The van der Waals surface area contributed by atoms with Crippen molar-refractivity contribution in [2.75, 3.05) is 0 Å². The summed E-state index contributed by atoms with van der Waals surface area (Å²) >= 11 is 0. The molecule has 2 heteroatoms. The molecule has 0 spiro atoms. The van der Waals surface area contributed by atoms with Gasteiger partial charge in [-0.05, 0) is 36.5 Å². The number of hydrogen-bond acceptors (Lipinski definition) is 0. The van der Waals surface area contributed by atoms with E-state index in [9.17, 15) is 8.78 Å². The second-order valence-electron chi connectivity index (χ2n) is 8.31. The maximum atomic E-state index is 14.4. The molecule has 2 fully saturated rings. The van der Waals surface area contributed by atoms with Gasteiger partial charge in [-0.25, -0.2) is 8.78 Å². The largest absolute Gasteiger partial charge is 0.248 e. The van der Waals surface area contributed by atoms with Gasteiger partial charge in [-0.2, -0.15) is 0 Å². The Balaban J connectivity index is 1.74. The summed E-state index contributed by atoms with van der Waals surface area (Å²) in [4.78, 5) is 0. The number of alkyl halides is 2. The van der Waals surface area contributed by atoms with Gasteiger partial charge in [-0.1, -0.05) is 71.6 Å². The normalized spacial score (nSPS) is 29.5. The zero-order chi connectivity index (χ0) is 16.0. The van der Waals surface area contributed by atoms with Gasteiger partial charge >= 0.3 is 0 Å². The van der Waals surface area contributed by atoms with Crippen molar-refractivity contribution >= 4 is 0 Å². The highest BCUT2D eigenvalue weighted by Gasteiger charge is 2.37. The van der Waals surface area contributed by atoms with Crippen LogP contribution in [0.4, 0.5) is 8.78 Å². The van der Waals surface area contributed by atoms with E-state index < -0.39 is 5.92 Å². The Morgan fingerprint density at radius 1 is 0.909 bits per heavy atom. The SMILES string of the molecule is CCCC1CCC(C(C)CC(F)(F)CC2CCCCC2)CC1. The zero-order valence-corrected chi connectivity index (χ0v) is 14.8. The maximum absolute atomic E-state index is 14.4. The van der Waals surface area contributed by atoms with Gasteiger partial charge in [0.15, 0.2) is 0 Å². The van der Waals surface area contributed by atoms with Gasteiger partial charge < -0.3 is 0 Å². The highest BCUT2D eigenvalue weighted by atomic mass is 19.3. The molecule has 0 aromatic heterocycles. The van der Waals surface area contributed by atoms with E-state index in [0.29, 0.717) is 5.92 Å². The summed E-state index contributed by atoms with van der Waals surface area (Å²) < 4.78 is 28.8. The molecule has 0 aromatic rings. The van der Waals surface area contributed by atoms with Gasteiger partial charge in [-0.15, -0.1) is 0 Å². The molecule has 0 heterocycles. The minimum absolute atomic E-state index is 0.132. The van der Waals surface area contributed by atoms with Gasteiger partial charge in [0.05, 0.1) is 0 Å². The van der Waals surface area contributed by atoms with Crippen molar-refractivity contribution in [1.29, 1.82) is 0 Å². The van der Waals surface area contributed by atoms with E-state index in [1.165, 1.54) is 44.9 Å². The van der Waals surface area contributed by atoms with E-state index >= 15 is 0 Å². The lowest BCUT2D eigenvalue weighted by Gasteiger charge is -2.34. The minimum Gasteiger partial charge on any atom is -0.207 e. The van der Waals surface area contributed by atoms with E-state index in [-0.39, 0.29) is 24.7 Å². The van der Waals surface area contributed by atoms with Gasteiger partial charge in [0.2, 0.25) is 5.92 Å². The van der Waals surface area contributed by atoms with Crippen LogP contribution in [0.25, 0.3) is 0 Å². The molecular weight excluding hydrogens is 278 g/mol. The summed E-state index contributed by atoms with van der Waals surface area (Å²) in [5, 5.41) is 0. The lowest BCUT2D eigenvalue weighted by atomic mass is 9.73. The van der Waals surface area contributed by atoms with Crippen LogP contribution in [0.2, 0.25) is 0 Å². The van der Waals surface area contributed by atoms with E-state index in [1.54, 1.807) is 0 Å². The first-order valence-electron chi connectivity index (χ1n) is 9.88. The fourth-order valence-electron chi connectivity index (χ4n) is 4.99. The topological polar surface area (TPSA) is 0 Å². The van der Waals surface area contributed by atoms with Gasteiger partial charge in [0.25, 0.3) is 0 Å². The Morgan fingerprint density at radius 3 is 2.14 bits per heavy atom. The van der Waals surface area contributed by atoms with Crippen molar-refractivity contribution in [2.45, 2.75) is 103 Å². The molecule has 2 aliphatic rings. The van der Waals surface area contributed by atoms with Crippen LogP contribution in [0.5, 0.6) is 0 Å². The van der Waals surface area contributed by atoms with Crippen LogP contribution in [-0.4, -0.2) is 5.92 Å². The zero-order valence-electron chi connectivity index (χ0n) is 14.8. The Kier molecular flexibility index (Phi) is 7.15. The minimum atomic E-state index is -2.43. The first-order valence-corrected chi connectivity index (χ1v) is 9.88. The molecule has 2 aliphatic carbocycles. The molecule has 0 aromatic carbocycles. The summed E-state index contributed by atoms with van der Waals surface area (Å²) in [6, 6.07) is 0. The molecule has 2 rings (SSSR count). The molecule has 0 radical (unpaired) electrons. The second-order valence-corrected chi connectivity index (χ2v) is 8.31. The molecule has 0 aliphatic heterocycles. The number of hydrogen-bond donors (Lipinski definition) is 0. The van der Waals surface area contributed by atoms with Crippen LogP contribution in [0.3, 0.4) is 0 Å². The monoisotopic (exact) mass is 314 g/mol. The highest BCUT2D eigenvalue weighted by molar-refractivity contribution is 4.82. The average molecular weight is 315 g/mol. The summed E-state index contributed by atoms with van der Waals surface area (Å²) in [7, 11) is 0. The van der Waals surface area contributed by atoms with Crippen LogP contribution in [0, 0.1) is 23.7 Å². The third-order valence-corrected chi connectivity index (χ3v) is 6.33. The van der Waals surface area contributed by atoms with E-state index in [1.807, 2.05) is 0 Å². The van der Waals surface area contributed by atoms with E-state index in [0.717, 1.165) is 31.6 Å². The Labute approximate surface area is 136 Å². The van der Waals surface area contributed by atoms with Crippen molar-refractivity contribution in [1.82, 2.24) is 0 Å². The number of rotatable bonds is 7. The molecule has 0 nitrogen and oxygen atoms in total. The molecule has 0 bridgehead atoms. The van der Waals surface area contributed by atoms with Crippen LogP contribution in [0.1, 0.15) is 97.3 Å². The Morgan fingerprint density at radius 2 is 1.55 bits per heavy atom. The molecule has 0 N–H and O–H groups in total. The predicted octanol–water partition coefficient (Wildman–Crippen LogP) is 7.22. The van der Waals surface area contributed by atoms with Crippen molar-refractivity contribution in [2.24, 2.45) is 23.7 Å². The average Bonchev–Trinajstić information content (AvgIpc) is 2.48. The predicted molar refractivity (Wildman–Crippen MR) is 90.3 cm³/mol. The molecular formula is C20H36F2. The molecule has 0 amide bonds. The van der Waals surface area contributed by atoms with Crippen molar-refractivity contribution in [3.63, 3.8) is 0 Å². The third kappa shape index (κ3) is 5.81. The summed E-state index contributed by atoms with van der Waals surface area (Å²) in [6.45, 7) is 4.33. The van der Waals surface area contributed by atoms with Crippen LogP contribution in [-0.2, 0) is 0 Å². The molecule has 2 saturated carbocycles. The first kappa shape index (κ1) is 18.2. The molecule has 1 unspecified atom stereocenters. The van der Waals surface area contributed by atoms with Gasteiger partial charge in [-0.3, -0.25) is 0 Å². The number of halogens is 2. The second kappa shape index (κ2) is 8.64. The Hall–Kier alpha value is -0.140. The lowest BCUT2D eigenvalue weighted by Crippen LogP contribution is -2.29. The standard InChI is InChI=1S/C20H36F2/c1-3-7-17-10-12-19(13-11-17)16(2)14-20(21,22)15-18-8-5-4-6-9-18/h16-19H,3-15H2,1-2H3. The highest BCUT2D eigenvalue weighted by Crippen LogP contribution is 2.42. The molecule has 1 atom stereocenters. The smallest absolute Gasteiger partial charge is 0.207 e. The van der Waals surface area contributed by atoms with Gasteiger partial charge in [0.1, 0.15) is 0 Å². The maximum Gasteiger partial charge on any atom is 0.248 e. The van der Waals surface area contributed by atoms with Crippen molar-refractivity contribution < 1.29 is 8.78 Å². The summed E-state index contributed by atoms with van der Waals surface area (Å²) in [5.74, 6) is -0.527. The van der Waals surface area contributed by atoms with Crippen molar-refractivity contribution in [3.8, 4) is 0 Å². The summed E-state index contributed by atoms with van der Waals surface area (Å²) in [6.07, 6.45) is 13.5. The molecule has 22 heavy (non-hydrogen) atoms. The lowest BCUT2D eigenvalue weighted by molar-refractivity contribution is -0.0549. The third-order valence-electron chi connectivity index (χ3n) is 6.33. The van der Waals surface area contributed by atoms with Crippen LogP contribution in [0.15, 0.2) is 0 Å². The molecule has 130 valence electrons. The first-order chi connectivity index (χ1) is 10.5. The molecule has 0 saturated heterocycles. The van der Waals surface area contributed by atoms with E-state index in [4.69, 9.17) is 0 Å². The summed E-state index contributed by atoms with van der Waals surface area (Å²) in [5.41, 5.74) is 0. The van der Waals surface area contributed by atoms with Gasteiger partial charge in [0, 0.05) is 12.8 Å². The van der Waals surface area contributed by atoms with E-state index in [2.05, 4.69) is 13.8 Å².